The highest BCUT2D eigenvalue weighted by Crippen LogP contribution is 2.42. The number of aliphatic hydroxyl groups excluding tert-OH is 1. The van der Waals surface area contributed by atoms with Crippen molar-refractivity contribution in [1.82, 2.24) is 5.06 Å². The zero-order chi connectivity index (χ0) is 17.4. The van der Waals surface area contributed by atoms with Gasteiger partial charge in [0, 0.05) is 11.1 Å². The predicted octanol–water partition coefficient (Wildman–Crippen LogP) is 3.91. The van der Waals surface area contributed by atoms with E-state index in [1.165, 1.54) is 0 Å². The Hall–Kier alpha value is -1.52. The molecular formula is C19H29NO3. The van der Waals surface area contributed by atoms with Crippen LogP contribution in [0.25, 0.3) is 6.08 Å². The molecule has 1 aromatic rings. The van der Waals surface area contributed by atoms with Gasteiger partial charge in [-0.2, -0.15) is 0 Å². The van der Waals surface area contributed by atoms with Crippen LogP contribution in [0.1, 0.15) is 58.6 Å². The van der Waals surface area contributed by atoms with Gasteiger partial charge in [-0.25, -0.2) is 0 Å². The Kier molecular flexibility index (Phi) is 4.79. The minimum Gasteiger partial charge on any atom is -0.504 e. The van der Waals surface area contributed by atoms with E-state index in [0.717, 1.165) is 12.0 Å². The average molecular weight is 319 g/mol. The minimum atomic E-state index is -0.349. The van der Waals surface area contributed by atoms with Crippen molar-refractivity contribution in [2.24, 2.45) is 0 Å². The van der Waals surface area contributed by atoms with Gasteiger partial charge in [0.05, 0.1) is 17.2 Å². The summed E-state index contributed by atoms with van der Waals surface area (Å²) in [6, 6.07) is 3.81. The number of hydrogen-bond donors (Lipinski definition) is 2. The van der Waals surface area contributed by atoms with Crippen LogP contribution in [0, 0.1) is 0 Å². The van der Waals surface area contributed by atoms with Crippen LogP contribution < -0.4 is 4.84 Å². The SMILES string of the molecule is C=Cc1ccc(CC)c(ON2C(C)(C)CC(O)CC2(C)C)c1O. The number of phenolic OH excluding ortho intramolecular Hbond substituents is 1. The summed E-state index contributed by atoms with van der Waals surface area (Å²) in [6.07, 6.45) is 3.29. The van der Waals surface area contributed by atoms with Crippen LogP contribution in [0.15, 0.2) is 18.7 Å². The highest BCUT2D eigenvalue weighted by molar-refractivity contribution is 5.62. The third kappa shape index (κ3) is 3.38. The summed E-state index contributed by atoms with van der Waals surface area (Å²) in [6.45, 7) is 14.0. The van der Waals surface area contributed by atoms with Gasteiger partial charge < -0.3 is 15.1 Å². The summed E-state index contributed by atoms with van der Waals surface area (Å²) in [5.41, 5.74) is 0.918. The molecule has 1 fully saturated rings. The van der Waals surface area contributed by atoms with Crippen molar-refractivity contribution in [3.05, 3.63) is 29.8 Å². The van der Waals surface area contributed by atoms with Crippen molar-refractivity contribution in [3.63, 3.8) is 0 Å². The molecule has 0 aliphatic carbocycles. The van der Waals surface area contributed by atoms with E-state index < -0.39 is 0 Å². The van der Waals surface area contributed by atoms with E-state index in [-0.39, 0.29) is 22.9 Å². The highest BCUT2D eigenvalue weighted by atomic mass is 16.7. The van der Waals surface area contributed by atoms with E-state index in [4.69, 9.17) is 4.84 Å². The van der Waals surface area contributed by atoms with Gasteiger partial charge in [-0.3, -0.25) is 0 Å². The van der Waals surface area contributed by atoms with Crippen molar-refractivity contribution >= 4 is 6.08 Å². The Bertz CT molecular complexity index is 575. The molecule has 0 aromatic heterocycles. The van der Waals surface area contributed by atoms with E-state index >= 15 is 0 Å². The lowest BCUT2D eigenvalue weighted by Crippen LogP contribution is -2.63. The van der Waals surface area contributed by atoms with Crippen LogP contribution in [0.2, 0.25) is 0 Å². The Morgan fingerprint density at radius 3 is 2.30 bits per heavy atom. The Morgan fingerprint density at radius 1 is 1.26 bits per heavy atom. The fourth-order valence-electron chi connectivity index (χ4n) is 3.72. The van der Waals surface area contributed by atoms with E-state index in [1.807, 2.05) is 24.1 Å². The fourth-order valence-corrected chi connectivity index (χ4v) is 3.72. The van der Waals surface area contributed by atoms with Gasteiger partial charge in [-0.15, -0.1) is 5.06 Å². The molecule has 23 heavy (non-hydrogen) atoms. The minimum absolute atomic E-state index is 0.122. The first-order valence-electron chi connectivity index (χ1n) is 8.26. The number of aromatic hydroxyl groups is 1. The molecule has 0 amide bonds. The van der Waals surface area contributed by atoms with E-state index in [1.54, 1.807) is 6.08 Å². The molecule has 4 heteroatoms. The third-order valence-corrected chi connectivity index (χ3v) is 4.60. The van der Waals surface area contributed by atoms with E-state index in [0.29, 0.717) is 24.2 Å². The molecule has 0 unspecified atom stereocenters. The smallest absolute Gasteiger partial charge is 0.192 e. The Morgan fingerprint density at radius 2 is 1.83 bits per heavy atom. The lowest BCUT2D eigenvalue weighted by Gasteiger charge is -2.52. The van der Waals surface area contributed by atoms with Gasteiger partial charge in [-0.1, -0.05) is 31.7 Å². The fraction of sp³-hybridized carbons (Fsp3) is 0.579. The number of aliphatic hydroxyl groups is 1. The van der Waals surface area contributed by atoms with Crippen LogP contribution in [0.4, 0.5) is 0 Å². The molecule has 1 aliphatic rings. The first-order valence-corrected chi connectivity index (χ1v) is 8.26. The number of nitrogens with zero attached hydrogens (tertiary/aromatic N) is 1. The molecular weight excluding hydrogens is 290 g/mol. The zero-order valence-corrected chi connectivity index (χ0v) is 14.9. The number of piperidine rings is 1. The first-order chi connectivity index (χ1) is 10.6. The number of benzene rings is 1. The van der Waals surface area contributed by atoms with Crippen LogP contribution in [0.3, 0.4) is 0 Å². The molecule has 128 valence electrons. The summed E-state index contributed by atoms with van der Waals surface area (Å²) < 4.78 is 0. The lowest BCUT2D eigenvalue weighted by molar-refractivity contribution is -0.235. The first kappa shape index (κ1) is 17.8. The summed E-state index contributed by atoms with van der Waals surface area (Å²) in [5, 5.41) is 22.6. The quantitative estimate of drug-likeness (QED) is 0.883. The topological polar surface area (TPSA) is 52.9 Å². The molecule has 0 radical (unpaired) electrons. The molecule has 2 rings (SSSR count). The Labute approximate surface area is 139 Å². The second kappa shape index (κ2) is 6.17. The van der Waals surface area contributed by atoms with Gasteiger partial charge in [-0.05, 0) is 47.0 Å². The van der Waals surface area contributed by atoms with Gasteiger partial charge in [0.1, 0.15) is 0 Å². The van der Waals surface area contributed by atoms with Crippen LogP contribution in [-0.2, 0) is 6.42 Å². The van der Waals surface area contributed by atoms with Gasteiger partial charge in [0.15, 0.2) is 11.5 Å². The average Bonchev–Trinajstić information content (AvgIpc) is 2.42. The lowest BCUT2D eigenvalue weighted by atomic mass is 9.80. The standard InChI is InChI=1S/C19H29NO3/c1-7-13-9-10-14(8-2)17(16(13)22)23-20-18(3,4)11-15(21)12-19(20,5)6/h7,9-10,15,21-22H,1,8,11-12H2,2-6H3. The molecule has 0 atom stereocenters. The van der Waals surface area contributed by atoms with Crippen molar-refractivity contribution in [2.45, 2.75) is 71.1 Å². The van der Waals surface area contributed by atoms with Crippen molar-refractivity contribution in [2.75, 3.05) is 0 Å². The molecule has 4 nitrogen and oxygen atoms in total. The molecule has 2 N–H and O–H groups in total. The van der Waals surface area contributed by atoms with E-state index in [2.05, 4.69) is 34.3 Å². The third-order valence-electron chi connectivity index (χ3n) is 4.60. The zero-order valence-electron chi connectivity index (χ0n) is 14.9. The molecule has 1 aliphatic heterocycles. The molecule has 1 heterocycles. The monoisotopic (exact) mass is 319 g/mol. The van der Waals surface area contributed by atoms with Crippen molar-refractivity contribution < 1.29 is 15.1 Å². The second-order valence-electron chi connectivity index (χ2n) is 7.62. The number of phenols is 1. The number of rotatable bonds is 4. The molecule has 0 spiro atoms. The second-order valence-corrected chi connectivity index (χ2v) is 7.62. The summed E-state index contributed by atoms with van der Waals surface area (Å²) in [5.74, 6) is 0.611. The maximum absolute atomic E-state index is 10.6. The Balaban J connectivity index is 2.46. The summed E-state index contributed by atoms with van der Waals surface area (Å²) >= 11 is 0. The maximum Gasteiger partial charge on any atom is 0.192 e. The summed E-state index contributed by atoms with van der Waals surface area (Å²) in [4.78, 5) is 6.25. The van der Waals surface area contributed by atoms with E-state index in [9.17, 15) is 10.2 Å². The van der Waals surface area contributed by atoms with Crippen LogP contribution in [0.5, 0.6) is 11.5 Å². The number of aryl methyl sites for hydroxylation is 1. The normalized spacial score (nSPS) is 21.1. The predicted molar refractivity (Wildman–Crippen MR) is 93.4 cm³/mol. The van der Waals surface area contributed by atoms with Gasteiger partial charge in [0.25, 0.3) is 0 Å². The molecule has 1 saturated heterocycles. The molecule has 1 aromatic carbocycles. The van der Waals surface area contributed by atoms with Gasteiger partial charge >= 0.3 is 0 Å². The maximum atomic E-state index is 10.6. The summed E-state index contributed by atoms with van der Waals surface area (Å²) in [7, 11) is 0. The number of hydrogen-bond acceptors (Lipinski definition) is 4. The van der Waals surface area contributed by atoms with Crippen molar-refractivity contribution in [1.29, 1.82) is 0 Å². The number of hydroxylamine groups is 2. The largest absolute Gasteiger partial charge is 0.504 e. The van der Waals surface area contributed by atoms with Crippen LogP contribution >= 0.6 is 0 Å². The molecule has 0 saturated carbocycles. The molecule has 0 bridgehead atoms. The highest BCUT2D eigenvalue weighted by Gasteiger charge is 2.47. The van der Waals surface area contributed by atoms with Crippen LogP contribution in [-0.4, -0.2) is 32.5 Å². The van der Waals surface area contributed by atoms with Crippen molar-refractivity contribution in [3.8, 4) is 11.5 Å². The van der Waals surface area contributed by atoms with Gasteiger partial charge in [0.2, 0.25) is 0 Å².